The first kappa shape index (κ1) is 7.46. The van der Waals surface area contributed by atoms with Crippen molar-refractivity contribution in [1.82, 2.24) is 4.98 Å². The van der Waals surface area contributed by atoms with Gasteiger partial charge in [0.15, 0.2) is 0 Å². The average Bonchev–Trinajstić information content (AvgIpc) is 2.55. The van der Waals surface area contributed by atoms with Crippen LogP contribution in [0.1, 0.15) is 0 Å². The van der Waals surface area contributed by atoms with E-state index in [2.05, 4.69) is 32.4 Å². The Balaban J connectivity index is 2.45. The van der Waals surface area contributed by atoms with Crippen LogP contribution in [0.15, 0.2) is 27.5 Å². The number of aromatic nitrogens is 1. The summed E-state index contributed by atoms with van der Waals surface area (Å²) in [7, 11) is 0. The summed E-state index contributed by atoms with van der Waals surface area (Å²) in [5.41, 5.74) is 0. The van der Waals surface area contributed by atoms with E-state index in [1.165, 1.54) is 4.88 Å². The van der Waals surface area contributed by atoms with Crippen molar-refractivity contribution in [3.63, 3.8) is 0 Å². The van der Waals surface area contributed by atoms with Gasteiger partial charge in [0.25, 0.3) is 0 Å². The van der Waals surface area contributed by atoms with Crippen molar-refractivity contribution in [2.75, 3.05) is 0 Å². The number of halogens is 1. The number of nitrogens with zero attached hydrogens (tertiary/aromatic N) is 1. The monoisotopic (exact) mass is 245 g/mol. The predicted octanol–water partition coefficient (Wildman–Crippen LogP) is 3.63. The van der Waals surface area contributed by atoms with E-state index < -0.39 is 0 Å². The molecule has 0 spiro atoms. The third kappa shape index (κ3) is 1.52. The first-order chi connectivity index (χ1) is 5.36. The van der Waals surface area contributed by atoms with E-state index in [0.29, 0.717) is 0 Å². The van der Waals surface area contributed by atoms with Crippen LogP contribution < -0.4 is 0 Å². The lowest BCUT2D eigenvalue weighted by atomic mass is 10.5. The molecule has 0 fully saturated rings. The quantitative estimate of drug-likeness (QED) is 0.748. The van der Waals surface area contributed by atoms with Gasteiger partial charge in [-0.15, -0.1) is 22.7 Å². The largest absolute Gasteiger partial charge is 0.244 e. The summed E-state index contributed by atoms with van der Waals surface area (Å²) in [6, 6.07) is 2.09. The van der Waals surface area contributed by atoms with E-state index >= 15 is 0 Å². The van der Waals surface area contributed by atoms with E-state index in [-0.39, 0.29) is 0 Å². The molecule has 0 saturated heterocycles. The van der Waals surface area contributed by atoms with Gasteiger partial charge in [-0.05, 0) is 22.0 Å². The molecule has 1 nitrogen and oxygen atoms in total. The standard InChI is InChI=1S/C7H4BrNS2/c8-5-3-6(11-4-5)7-9-1-2-10-7/h1-4H. The minimum atomic E-state index is 1.10. The Kier molecular flexibility index (Phi) is 2.07. The Bertz CT molecular complexity index is 339. The lowest BCUT2D eigenvalue weighted by Crippen LogP contribution is -1.63. The Morgan fingerprint density at radius 3 is 2.82 bits per heavy atom. The number of thiazole rings is 1. The second-order valence-electron chi connectivity index (χ2n) is 1.97. The van der Waals surface area contributed by atoms with Crippen molar-refractivity contribution in [2.24, 2.45) is 0 Å². The van der Waals surface area contributed by atoms with Crippen LogP contribution in [0, 0.1) is 0 Å². The minimum Gasteiger partial charge on any atom is -0.244 e. The highest BCUT2D eigenvalue weighted by atomic mass is 79.9. The fourth-order valence-corrected chi connectivity index (χ4v) is 2.92. The first-order valence-corrected chi connectivity index (χ1v) is 5.55. The van der Waals surface area contributed by atoms with Gasteiger partial charge in [0.05, 0.1) is 4.88 Å². The Morgan fingerprint density at radius 1 is 1.36 bits per heavy atom. The van der Waals surface area contributed by atoms with Crippen LogP contribution in [-0.2, 0) is 0 Å². The van der Waals surface area contributed by atoms with Crippen molar-refractivity contribution in [3.05, 3.63) is 27.5 Å². The maximum atomic E-state index is 4.21. The van der Waals surface area contributed by atoms with Crippen molar-refractivity contribution < 1.29 is 0 Å². The molecule has 2 heterocycles. The van der Waals surface area contributed by atoms with E-state index in [1.807, 2.05) is 11.6 Å². The molecule has 0 bridgehead atoms. The fraction of sp³-hybridized carbons (Fsp3) is 0. The van der Waals surface area contributed by atoms with Gasteiger partial charge in [0.1, 0.15) is 5.01 Å². The van der Waals surface area contributed by atoms with Crippen LogP contribution >= 0.6 is 38.6 Å². The number of rotatable bonds is 1. The van der Waals surface area contributed by atoms with Gasteiger partial charge < -0.3 is 0 Å². The van der Waals surface area contributed by atoms with Crippen LogP contribution in [0.5, 0.6) is 0 Å². The Labute approximate surface area is 80.9 Å². The smallest absolute Gasteiger partial charge is 0.133 e. The molecule has 0 unspecified atom stereocenters. The van der Waals surface area contributed by atoms with Crippen LogP contribution in [0.4, 0.5) is 0 Å². The second kappa shape index (κ2) is 3.05. The first-order valence-electron chi connectivity index (χ1n) is 3.00. The highest BCUT2D eigenvalue weighted by Gasteiger charge is 2.01. The van der Waals surface area contributed by atoms with E-state index in [4.69, 9.17) is 0 Å². The summed E-state index contributed by atoms with van der Waals surface area (Å²) >= 11 is 6.78. The van der Waals surface area contributed by atoms with E-state index in [9.17, 15) is 0 Å². The lowest BCUT2D eigenvalue weighted by Gasteiger charge is -1.83. The van der Waals surface area contributed by atoms with Crippen LogP contribution in [0.25, 0.3) is 9.88 Å². The maximum absolute atomic E-state index is 4.21. The summed E-state index contributed by atoms with van der Waals surface area (Å²) in [6.45, 7) is 0. The van der Waals surface area contributed by atoms with Gasteiger partial charge in [-0.1, -0.05) is 0 Å². The normalized spacial score (nSPS) is 10.3. The summed E-state index contributed by atoms with van der Waals surface area (Å²) in [4.78, 5) is 5.44. The number of thiophene rings is 1. The minimum absolute atomic E-state index is 1.10. The predicted molar refractivity (Wildman–Crippen MR) is 53.1 cm³/mol. The van der Waals surface area contributed by atoms with Crippen molar-refractivity contribution in [3.8, 4) is 9.88 Å². The number of hydrogen-bond donors (Lipinski definition) is 0. The summed E-state index contributed by atoms with van der Waals surface area (Å²) in [5.74, 6) is 0. The molecule has 2 rings (SSSR count). The zero-order chi connectivity index (χ0) is 7.68. The zero-order valence-corrected chi connectivity index (χ0v) is 8.67. The Morgan fingerprint density at radius 2 is 2.27 bits per heavy atom. The lowest BCUT2D eigenvalue weighted by molar-refractivity contribution is 1.43. The maximum Gasteiger partial charge on any atom is 0.133 e. The molecule has 0 aliphatic rings. The van der Waals surface area contributed by atoms with Gasteiger partial charge in [-0.25, -0.2) is 4.98 Å². The molecule has 11 heavy (non-hydrogen) atoms. The van der Waals surface area contributed by atoms with E-state index in [0.717, 1.165) is 9.48 Å². The Hall–Kier alpha value is -0.190. The molecule has 2 aromatic heterocycles. The van der Waals surface area contributed by atoms with Gasteiger partial charge in [0, 0.05) is 21.4 Å². The van der Waals surface area contributed by atoms with Gasteiger partial charge in [0.2, 0.25) is 0 Å². The van der Waals surface area contributed by atoms with Gasteiger partial charge in [-0.3, -0.25) is 0 Å². The molecule has 0 saturated carbocycles. The molecule has 0 aliphatic heterocycles. The summed E-state index contributed by atoms with van der Waals surface area (Å²) < 4.78 is 1.13. The number of hydrogen-bond acceptors (Lipinski definition) is 3. The molecule has 0 amide bonds. The zero-order valence-electron chi connectivity index (χ0n) is 5.45. The summed E-state index contributed by atoms with van der Waals surface area (Å²) in [6.07, 6.45) is 1.83. The molecule has 0 aromatic carbocycles. The van der Waals surface area contributed by atoms with Gasteiger partial charge in [-0.2, -0.15) is 0 Å². The van der Waals surface area contributed by atoms with Crippen molar-refractivity contribution in [2.45, 2.75) is 0 Å². The van der Waals surface area contributed by atoms with Crippen LogP contribution in [-0.4, -0.2) is 4.98 Å². The molecule has 0 atom stereocenters. The third-order valence-corrected chi connectivity index (χ3v) is 3.84. The molecule has 0 N–H and O–H groups in total. The molecular weight excluding hydrogens is 242 g/mol. The third-order valence-electron chi connectivity index (χ3n) is 1.21. The van der Waals surface area contributed by atoms with Gasteiger partial charge >= 0.3 is 0 Å². The topological polar surface area (TPSA) is 12.9 Å². The molecule has 2 aromatic rings. The van der Waals surface area contributed by atoms with Crippen molar-refractivity contribution >= 4 is 38.6 Å². The SMILES string of the molecule is Brc1csc(-c2nccs2)c1. The average molecular weight is 246 g/mol. The molecule has 4 heteroatoms. The molecule has 56 valence electrons. The second-order valence-corrected chi connectivity index (χ2v) is 4.69. The molecule has 0 radical (unpaired) electrons. The molecule has 0 aliphatic carbocycles. The van der Waals surface area contributed by atoms with Crippen LogP contribution in [0.3, 0.4) is 0 Å². The van der Waals surface area contributed by atoms with Crippen molar-refractivity contribution in [1.29, 1.82) is 0 Å². The highest BCUT2D eigenvalue weighted by Crippen LogP contribution is 2.30. The molecular formula is C7H4BrNS2. The fourth-order valence-electron chi connectivity index (χ4n) is 0.770. The van der Waals surface area contributed by atoms with E-state index in [1.54, 1.807) is 22.7 Å². The van der Waals surface area contributed by atoms with Crippen LogP contribution in [0.2, 0.25) is 0 Å². The highest BCUT2D eigenvalue weighted by molar-refractivity contribution is 9.10. The summed E-state index contributed by atoms with van der Waals surface area (Å²) in [5, 5.41) is 5.15.